The van der Waals surface area contributed by atoms with Crippen LogP contribution in [0.25, 0.3) is 0 Å². The van der Waals surface area contributed by atoms with Crippen molar-refractivity contribution in [2.45, 2.75) is 38.9 Å². The molecule has 0 bridgehead atoms. The summed E-state index contributed by atoms with van der Waals surface area (Å²) in [6, 6.07) is 29.4. The Kier molecular flexibility index (Phi) is 11.9. The SMILES string of the molecule is CCOC(O)=C1C(=O)NN(Cc2cccc(OCC(CCc3ccccc3)[N+](=O)[O-])c2NC(=O)c2ccccc2)N1Cc1ccc(OC)cc1. The smallest absolute Gasteiger partial charge is 0.308 e. The summed E-state index contributed by atoms with van der Waals surface area (Å²) in [6.45, 7) is 1.73. The number of amides is 2. The van der Waals surface area contributed by atoms with Crippen LogP contribution in [0, 0.1) is 10.1 Å². The number of methoxy groups -OCH3 is 1. The molecule has 1 fully saturated rings. The second-order valence-electron chi connectivity index (χ2n) is 11.4. The van der Waals surface area contributed by atoms with Crippen LogP contribution >= 0.6 is 0 Å². The molecule has 0 radical (unpaired) electrons. The van der Waals surface area contributed by atoms with E-state index in [9.17, 15) is 24.8 Å². The van der Waals surface area contributed by atoms with E-state index in [2.05, 4.69) is 10.7 Å². The summed E-state index contributed by atoms with van der Waals surface area (Å²) in [6.07, 6.45) is 0.748. The Labute approximate surface area is 289 Å². The molecule has 0 saturated carbocycles. The predicted molar refractivity (Wildman–Crippen MR) is 185 cm³/mol. The zero-order valence-corrected chi connectivity index (χ0v) is 27.8. The number of nitrogens with one attached hydrogen (secondary N) is 2. The molecule has 260 valence electrons. The molecule has 1 unspecified atom stereocenters. The highest BCUT2D eigenvalue weighted by Crippen LogP contribution is 2.33. The van der Waals surface area contributed by atoms with Crippen molar-refractivity contribution in [3.8, 4) is 11.5 Å². The highest BCUT2D eigenvalue weighted by molar-refractivity contribution is 6.05. The average molecular weight is 682 g/mol. The molecule has 13 heteroatoms. The van der Waals surface area contributed by atoms with Gasteiger partial charge < -0.3 is 24.6 Å². The Hall–Kier alpha value is -6.08. The van der Waals surface area contributed by atoms with E-state index in [0.717, 1.165) is 11.1 Å². The molecule has 0 aromatic heterocycles. The molecule has 5 rings (SSSR count). The largest absolute Gasteiger partial charge is 0.497 e. The van der Waals surface area contributed by atoms with Crippen molar-refractivity contribution in [1.29, 1.82) is 0 Å². The standard InChI is InChI=1S/C37H39N5O8/c1-3-49-37(45)34-36(44)39-41(40(34)23-27-18-21-31(48-2)22-19-27)24-29-15-10-16-32(33(29)38-35(43)28-13-8-5-9-14-28)50-25-30(42(46)47)20-17-26-11-6-4-7-12-26/h4-16,18-19,21-22,30,45H,3,17,20,23-25H2,1-2H3,(H,38,43)(H,39,44). The molecule has 3 N–H and O–H groups in total. The maximum atomic E-state index is 13.4. The Morgan fingerprint density at radius 1 is 0.940 bits per heavy atom. The molecule has 0 spiro atoms. The first-order chi connectivity index (χ1) is 24.3. The third-order valence-corrected chi connectivity index (χ3v) is 8.02. The molecule has 13 nitrogen and oxygen atoms in total. The van der Waals surface area contributed by atoms with Crippen LogP contribution in [0.1, 0.15) is 40.4 Å². The second-order valence-corrected chi connectivity index (χ2v) is 11.4. The Balaban J connectivity index is 1.45. The van der Waals surface area contributed by atoms with Gasteiger partial charge in [-0.25, -0.2) is 0 Å². The van der Waals surface area contributed by atoms with Gasteiger partial charge in [0.15, 0.2) is 6.61 Å². The Morgan fingerprint density at radius 2 is 1.64 bits per heavy atom. The van der Waals surface area contributed by atoms with Crippen molar-refractivity contribution in [2.75, 3.05) is 25.6 Å². The van der Waals surface area contributed by atoms with E-state index >= 15 is 0 Å². The molecule has 1 aliphatic heterocycles. The van der Waals surface area contributed by atoms with Gasteiger partial charge in [0.05, 0.1) is 32.5 Å². The molecular formula is C37H39N5O8. The van der Waals surface area contributed by atoms with E-state index in [1.165, 1.54) is 10.1 Å². The monoisotopic (exact) mass is 681 g/mol. The minimum Gasteiger partial charge on any atom is -0.497 e. The number of para-hydroxylation sites is 1. The summed E-state index contributed by atoms with van der Waals surface area (Å²) in [7, 11) is 1.56. The number of carbonyl (C=O) groups excluding carboxylic acids is 2. The zero-order valence-electron chi connectivity index (χ0n) is 27.8. The van der Waals surface area contributed by atoms with E-state index in [1.807, 2.05) is 42.5 Å². The summed E-state index contributed by atoms with van der Waals surface area (Å²) >= 11 is 0. The highest BCUT2D eigenvalue weighted by Gasteiger charge is 2.38. The first-order valence-corrected chi connectivity index (χ1v) is 16.1. The third kappa shape index (κ3) is 8.88. The molecule has 1 atom stereocenters. The van der Waals surface area contributed by atoms with E-state index in [4.69, 9.17) is 14.2 Å². The first-order valence-electron chi connectivity index (χ1n) is 16.1. The fourth-order valence-corrected chi connectivity index (χ4v) is 5.39. The second kappa shape index (κ2) is 16.8. The minimum absolute atomic E-state index is 0.000918. The molecule has 4 aromatic rings. The van der Waals surface area contributed by atoms with Crippen LogP contribution in [0.2, 0.25) is 0 Å². The Bertz CT molecular complexity index is 1800. The number of hydrogen-bond donors (Lipinski definition) is 3. The molecule has 1 heterocycles. The van der Waals surface area contributed by atoms with Crippen LogP contribution in [-0.4, -0.2) is 58.3 Å². The lowest BCUT2D eigenvalue weighted by Crippen LogP contribution is -2.41. The molecule has 0 aliphatic carbocycles. The van der Waals surface area contributed by atoms with Gasteiger partial charge in [-0.05, 0) is 60.4 Å². The van der Waals surface area contributed by atoms with Gasteiger partial charge in [0, 0.05) is 16.9 Å². The molecule has 4 aromatic carbocycles. The van der Waals surface area contributed by atoms with Gasteiger partial charge in [0.2, 0.25) is 11.7 Å². The van der Waals surface area contributed by atoms with E-state index in [1.54, 1.807) is 74.7 Å². The summed E-state index contributed by atoms with van der Waals surface area (Å²) in [5, 5.41) is 28.7. The lowest BCUT2D eigenvalue weighted by Gasteiger charge is -2.29. The maximum absolute atomic E-state index is 13.4. The highest BCUT2D eigenvalue weighted by atomic mass is 16.6. The Morgan fingerprint density at radius 3 is 2.30 bits per heavy atom. The summed E-state index contributed by atoms with van der Waals surface area (Å²) in [5.41, 5.74) is 5.63. The van der Waals surface area contributed by atoms with Gasteiger partial charge >= 0.3 is 5.95 Å². The van der Waals surface area contributed by atoms with Crippen LogP contribution < -0.4 is 20.2 Å². The fraction of sp³-hybridized carbons (Fsp3) is 0.243. The number of aliphatic hydroxyl groups is 1. The number of nitrogens with zero attached hydrogens (tertiary/aromatic N) is 3. The number of aryl methyl sites for hydroxylation is 1. The van der Waals surface area contributed by atoms with Crippen molar-refractivity contribution in [2.24, 2.45) is 0 Å². The summed E-state index contributed by atoms with van der Waals surface area (Å²) < 4.78 is 16.7. The number of nitro groups is 1. The number of benzene rings is 4. The third-order valence-electron chi connectivity index (χ3n) is 8.02. The topological polar surface area (TPSA) is 156 Å². The number of aliphatic hydroxyl groups excluding tert-OH is 1. The van der Waals surface area contributed by atoms with Gasteiger partial charge in [-0.1, -0.05) is 72.8 Å². The number of carbonyl (C=O) groups is 2. The summed E-state index contributed by atoms with van der Waals surface area (Å²) in [5.74, 6) is -0.688. The van der Waals surface area contributed by atoms with Crippen LogP contribution in [0.15, 0.2) is 115 Å². The lowest BCUT2D eigenvalue weighted by molar-refractivity contribution is -0.525. The zero-order chi connectivity index (χ0) is 35.5. The quantitative estimate of drug-likeness (QED) is 0.0586. The molecule has 50 heavy (non-hydrogen) atoms. The number of anilines is 1. The van der Waals surface area contributed by atoms with Crippen molar-refractivity contribution < 1.29 is 33.8 Å². The van der Waals surface area contributed by atoms with E-state index < -0.39 is 23.8 Å². The normalized spacial score (nSPS) is 14.4. The van der Waals surface area contributed by atoms with Gasteiger partial charge in [0.1, 0.15) is 11.5 Å². The molecule has 1 saturated heterocycles. The number of ether oxygens (including phenoxy) is 3. The average Bonchev–Trinajstić information content (AvgIpc) is 3.43. The lowest BCUT2D eigenvalue weighted by atomic mass is 10.1. The predicted octanol–water partition coefficient (Wildman–Crippen LogP) is 5.63. The van der Waals surface area contributed by atoms with Crippen molar-refractivity contribution in [3.63, 3.8) is 0 Å². The van der Waals surface area contributed by atoms with Gasteiger partial charge in [0.25, 0.3) is 11.8 Å². The first kappa shape index (κ1) is 35.2. The van der Waals surface area contributed by atoms with Crippen LogP contribution in [0.5, 0.6) is 11.5 Å². The number of hydrogen-bond acceptors (Lipinski definition) is 10. The van der Waals surface area contributed by atoms with Crippen LogP contribution in [-0.2, 0) is 29.0 Å². The summed E-state index contributed by atoms with van der Waals surface area (Å²) in [4.78, 5) is 38.4. The van der Waals surface area contributed by atoms with Gasteiger partial charge in [-0.2, -0.15) is 0 Å². The number of hydrazine groups is 2. The van der Waals surface area contributed by atoms with Crippen molar-refractivity contribution >= 4 is 17.5 Å². The van der Waals surface area contributed by atoms with Gasteiger partial charge in [-0.15, -0.1) is 5.12 Å². The molecular weight excluding hydrogens is 642 g/mol. The molecule has 2 amide bonds. The van der Waals surface area contributed by atoms with E-state index in [-0.39, 0.29) is 54.8 Å². The van der Waals surface area contributed by atoms with Crippen molar-refractivity contribution in [1.82, 2.24) is 15.6 Å². The van der Waals surface area contributed by atoms with Crippen molar-refractivity contribution in [3.05, 3.63) is 147 Å². The van der Waals surface area contributed by atoms with E-state index in [0.29, 0.717) is 23.3 Å². The van der Waals surface area contributed by atoms with Crippen LogP contribution in [0.4, 0.5) is 5.69 Å². The fourth-order valence-electron chi connectivity index (χ4n) is 5.39. The minimum atomic E-state index is -1.01. The maximum Gasteiger partial charge on any atom is 0.308 e. The number of rotatable bonds is 16. The van der Waals surface area contributed by atoms with Gasteiger partial charge in [-0.3, -0.25) is 30.1 Å². The molecule has 1 aliphatic rings. The van der Waals surface area contributed by atoms with Crippen LogP contribution in [0.3, 0.4) is 0 Å².